The van der Waals surface area contributed by atoms with Gasteiger partial charge in [-0.05, 0) is 31.5 Å². The smallest absolute Gasteiger partial charge is 0.304 e. The number of carbonyl (C=O) groups is 1. The monoisotopic (exact) mass is 205 g/mol. The van der Waals surface area contributed by atoms with Gasteiger partial charge < -0.3 is 10.0 Å². The van der Waals surface area contributed by atoms with Gasteiger partial charge in [0.1, 0.15) is 0 Å². The molecule has 0 aliphatic heterocycles. The van der Waals surface area contributed by atoms with Crippen LogP contribution in [0.3, 0.4) is 0 Å². The number of aliphatic carboxylic acids is 1. The third-order valence-electron chi connectivity index (χ3n) is 1.91. The van der Waals surface area contributed by atoms with Crippen LogP contribution in [0.25, 0.3) is 0 Å². The van der Waals surface area contributed by atoms with E-state index >= 15 is 0 Å². The number of hydrogen-bond acceptors (Lipinski definition) is 3. The van der Waals surface area contributed by atoms with Gasteiger partial charge >= 0.3 is 5.97 Å². The number of carboxylic acid groups (broad SMARTS) is 1. The quantitative estimate of drug-likeness (QED) is 0.610. The molecular formula is C9H19NO2S. The van der Waals surface area contributed by atoms with Gasteiger partial charge in [-0.1, -0.05) is 6.92 Å². The molecule has 0 aromatic carbocycles. The Morgan fingerprint density at radius 1 is 1.46 bits per heavy atom. The summed E-state index contributed by atoms with van der Waals surface area (Å²) in [5.74, 6) is 0.451. The molecule has 0 aliphatic rings. The first kappa shape index (κ1) is 12.8. The summed E-state index contributed by atoms with van der Waals surface area (Å²) in [4.78, 5) is 12.5. The lowest BCUT2D eigenvalue weighted by Crippen LogP contribution is -2.27. The van der Waals surface area contributed by atoms with Gasteiger partial charge in [-0.3, -0.25) is 4.79 Å². The molecule has 0 saturated carbocycles. The second-order valence-electron chi connectivity index (χ2n) is 2.92. The molecule has 1 N–H and O–H groups in total. The van der Waals surface area contributed by atoms with Crippen LogP contribution in [0.2, 0.25) is 0 Å². The fraction of sp³-hybridized carbons (Fsp3) is 0.889. The van der Waals surface area contributed by atoms with E-state index in [0.29, 0.717) is 6.54 Å². The van der Waals surface area contributed by atoms with Crippen LogP contribution >= 0.6 is 11.8 Å². The molecule has 0 radical (unpaired) electrons. The number of nitrogens with zero attached hydrogens (tertiary/aromatic N) is 1. The summed E-state index contributed by atoms with van der Waals surface area (Å²) in [7, 11) is 0. The van der Waals surface area contributed by atoms with Crippen molar-refractivity contribution in [3.63, 3.8) is 0 Å². The van der Waals surface area contributed by atoms with Crippen molar-refractivity contribution in [1.29, 1.82) is 0 Å². The predicted molar refractivity (Wildman–Crippen MR) is 57.4 cm³/mol. The van der Waals surface area contributed by atoms with Crippen molar-refractivity contribution >= 4 is 17.7 Å². The number of hydrogen-bond donors (Lipinski definition) is 1. The molecule has 13 heavy (non-hydrogen) atoms. The van der Waals surface area contributed by atoms with Crippen molar-refractivity contribution in [2.75, 3.05) is 31.6 Å². The van der Waals surface area contributed by atoms with E-state index in [0.717, 1.165) is 25.3 Å². The molecule has 0 unspecified atom stereocenters. The molecule has 4 heteroatoms. The van der Waals surface area contributed by atoms with Crippen LogP contribution < -0.4 is 0 Å². The topological polar surface area (TPSA) is 40.5 Å². The number of rotatable bonds is 8. The highest BCUT2D eigenvalue weighted by Crippen LogP contribution is 1.99. The largest absolute Gasteiger partial charge is 0.481 e. The standard InChI is InChI=1S/C9H19NO2S/c1-3-10(6-4-8-13-2)7-5-9(11)12/h3-8H2,1-2H3,(H,11,12). The molecule has 0 spiro atoms. The molecule has 0 aromatic rings. The number of carboxylic acids is 1. The van der Waals surface area contributed by atoms with Gasteiger partial charge in [0.15, 0.2) is 0 Å². The summed E-state index contributed by atoms with van der Waals surface area (Å²) in [5.41, 5.74) is 0. The third kappa shape index (κ3) is 8.12. The van der Waals surface area contributed by atoms with Crippen molar-refractivity contribution in [2.24, 2.45) is 0 Å². The Bertz CT molecular complexity index is 142. The van der Waals surface area contributed by atoms with Gasteiger partial charge in [0.25, 0.3) is 0 Å². The summed E-state index contributed by atoms with van der Waals surface area (Å²) in [5, 5.41) is 8.50. The number of thioether (sulfide) groups is 1. The molecule has 78 valence electrons. The van der Waals surface area contributed by atoms with E-state index in [-0.39, 0.29) is 6.42 Å². The Hall–Kier alpha value is -0.220. The van der Waals surface area contributed by atoms with Gasteiger partial charge in [-0.15, -0.1) is 0 Å². The molecule has 0 aromatic heterocycles. The van der Waals surface area contributed by atoms with Crippen LogP contribution in [0, 0.1) is 0 Å². The lowest BCUT2D eigenvalue weighted by molar-refractivity contribution is -0.137. The zero-order valence-electron chi connectivity index (χ0n) is 8.45. The molecule has 3 nitrogen and oxygen atoms in total. The first-order valence-corrected chi connectivity index (χ1v) is 6.03. The second-order valence-corrected chi connectivity index (χ2v) is 3.91. The minimum absolute atomic E-state index is 0.257. The molecule has 0 rings (SSSR count). The molecule has 0 fully saturated rings. The van der Waals surface area contributed by atoms with Crippen molar-refractivity contribution in [3.8, 4) is 0 Å². The highest BCUT2D eigenvalue weighted by molar-refractivity contribution is 7.98. The summed E-state index contributed by atoms with van der Waals surface area (Å²) in [6.45, 7) is 4.72. The minimum atomic E-state index is -0.705. The maximum atomic E-state index is 10.3. The van der Waals surface area contributed by atoms with Gasteiger partial charge in [0.2, 0.25) is 0 Å². The molecule has 0 saturated heterocycles. The van der Waals surface area contributed by atoms with Gasteiger partial charge in [-0.2, -0.15) is 11.8 Å². The Morgan fingerprint density at radius 2 is 2.15 bits per heavy atom. The summed E-state index contributed by atoms with van der Waals surface area (Å²) in [6.07, 6.45) is 3.50. The van der Waals surface area contributed by atoms with Crippen molar-refractivity contribution in [3.05, 3.63) is 0 Å². The lowest BCUT2D eigenvalue weighted by Gasteiger charge is -2.18. The van der Waals surface area contributed by atoms with E-state index in [1.165, 1.54) is 0 Å². The van der Waals surface area contributed by atoms with E-state index in [9.17, 15) is 4.79 Å². The first-order chi connectivity index (χ1) is 6.20. The highest BCUT2D eigenvalue weighted by atomic mass is 32.2. The Labute approximate surface area is 84.5 Å². The maximum Gasteiger partial charge on any atom is 0.304 e. The van der Waals surface area contributed by atoms with E-state index in [4.69, 9.17) is 5.11 Å². The van der Waals surface area contributed by atoms with Crippen LogP contribution in [0.4, 0.5) is 0 Å². The van der Waals surface area contributed by atoms with Crippen molar-refractivity contribution in [2.45, 2.75) is 19.8 Å². The lowest BCUT2D eigenvalue weighted by atomic mass is 10.3. The third-order valence-corrected chi connectivity index (χ3v) is 2.61. The van der Waals surface area contributed by atoms with Crippen LogP contribution in [-0.4, -0.2) is 47.6 Å². The van der Waals surface area contributed by atoms with E-state index in [1.807, 2.05) is 11.8 Å². The van der Waals surface area contributed by atoms with Crippen LogP contribution in [0.15, 0.2) is 0 Å². The predicted octanol–water partition coefficient (Wildman–Crippen LogP) is 1.54. The van der Waals surface area contributed by atoms with Crippen LogP contribution in [0.5, 0.6) is 0 Å². The van der Waals surface area contributed by atoms with E-state index in [1.54, 1.807) is 0 Å². The van der Waals surface area contributed by atoms with Crippen molar-refractivity contribution in [1.82, 2.24) is 4.90 Å². The van der Waals surface area contributed by atoms with Gasteiger partial charge in [0.05, 0.1) is 6.42 Å². The summed E-state index contributed by atoms with van der Waals surface area (Å²) in [6, 6.07) is 0. The van der Waals surface area contributed by atoms with Gasteiger partial charge in [0, 0.05) is 6.54 Å². The summed E-state index contributed by atoms with van der Waals surface area (Å²) < 4.78 is 0. The Morgan fingerprint density at radius 3 is 2.62 bits per heavy atom. The second kappa shape index (κ2) is 8.38. The average Bonchev–Trinajstić information content (AvgIpc) is 2.10. The minimum Gasteiger partial charge on any atom is -0.481 e. The maximum absolute atomic E-state index is 10.3. The molecule has 0 atom stereocenters. The Balaban J connectivity index is 3.45. The average molecular weight is 205 g/mol. The summed E-state index contributed by atoms with van der Waals surface area (Å²) >= 11 is 1.84. The molecular weight excluding hydrogens is 186 g/mol. The SMILES string of the molecule is CCN(CCCSC)CCC(=O)O. The highest BCUT2D eigenvalue weighted by Gasteiger charge is 2.04. The molecule has 0 aliphatic carbocycles. The Kier molecular flexibility index (Phi) is 8.24. The first-order valence-electron chi connectivity index (χ1n) is 4.63. The normalized spacial score (nSPS) is 10.7. The fourth-order valence-corrected chi connectivity index (χ4v) is 1.53. The van der Waals surface area contributed by atoms with E-state index in [2.05, 4.69) is 18.1 Å². The zero-order valence-corrected chi connectivity index (χ0v) is 9.27. The van der Waals surface area contributed by atoms with Crippen molar-refractivity contribution < 1.29 is 9.90 Å². The molecule has 0 amide bonds. The van der Waals surface area contributed by atoms with Gasteiger partial charge in [-0.25, -0.2) is 0 Å². The van der Waals surface area contributed by atoms with Crippen LogP contribution in [-0.2, 0) is 4.79 Å². The van der Waals surface area contributed by atoms with Crippen LogP contribution in [0.1, 0.15) is 19.8 Å². The zero-order chi connectivity index (χ0) is 10.1. The van der Waals surface area contributed by atoms with E-state index < -0.39 is 5.97 Å². The fourth-order valence-electron chi connectivity index (χ4n) is 1.11. The molecule has 0 bridgehead atoms. The molecule has 0 heterocycles.